The van der Waals surface area contributed by atoms with Gasteiger partial charge in [-0.05, 0) is 29.8 Å². The van der Waals surface area contributed by atoms with Crippen molar-refractivity contribution in [2.45, 2.75) is 6.17 Å². The highest BCUT2D eigenvalue weighted by atomic mass is 79.9. The van der Waals surface area contributed by atoms with E-state index in [-0.39, 0.29) is 0 Å². The van der Waals surface area contributed by atoms with Crippen LogP contribution in [0.2, 0.25) is 0 Å². The van der Waals surface area contributed by atoms with Crippen LogP contribution in [0.3, 0.4) is 0 Å². The van der Waals surface area contributed by atoms with Gasteiger partial charge in [-0.2, -0.15) is 5.06 Å². The largest absolute Gasteiger partial charge is 0.378 e. The molecule has 0 spiro atoms. The first-order chi connectivity index (χ1) is 14.4. The molecule has 1 atom stereocenters. The molecular formula is C20H18BrF2N3O4. The van der Waals surface area contributed by atoms with Gasteiger partial charge in [0, 0.05) is 23.2 Å². The summed E-state index contributed by atoms with van der Waals surface area (Å²) in [5.41, 5.74) is -0.0402. The number of nitrogens with zero attached hydrogens (tertiary/aromatic N) is 3. The molecule has 2 heterocycles. The molecule has 2 fully saturated rings. The summed E-state index contributed by atoms with van der Waals surface area (Å²) in [5.74, 6) is -3.83. The number of hydrogen-bond donors (Lipinski definition) is 1. The van der Waals surface area contributed by atoms with Gasteiger partial charge in [0.05, 0.1) is 13.2 Å². The molecule has 1 N–H and O–H groups in total. The minimum Gasteiger partial charge on any atom is -0.378 e. The number of ether oxygens (including phenoxy) is 1. The van der Waals surface area contributed by atoms with Crippen molar-refractivity contribution in [3.63, 3.8) is 0 Å². The van der Waals surface area contributed by atoms with E-state index in [1.54, 1.807) is 29.2 Å². The van der Waals surface area contributed by atoms with Crippen LogP contribution in [-0.4, -0.2) is 59.8 Å². The molecule has 2 aromatic carbocycles. The summed E-state index contributed by atoms with van der Waals surface area (Å²) >= 11 is 3.29. The Labute approximate surface area is 179 Å². The third kappa shape index (κ3) is 3.78. The van der Waals surface area contributed by atoms with Gasteiger partial charge in [0.2, 0.25) is 0 Å². The number of rotatable bonds is 3. The van der Waals surface area contributed by atoms with Crippen LogP contribution in [0.25, 0.3) is 0 Å². The predicted octanol–water partition coefficient (Wildman–Crippen LogP) is 2.94. The zero-order valence-corrected chi connectivity index (χ0v) is 17.3. The van der Waals surface area contributed by atoms with Crippen LogP contribution < -0.4 is 4.90 Å². The van der Waals surface area contributed by atoms with E-state index in [2.05, 4.69) is 15.9 Å². The second-order valence-electron chi connectivity index (χ2n) is 6.98. The molecular weight excluding hydrogens is 464 g/mol. The number of benzene rings is 2. The quantitative estimate of drug-likeness (QED) is 0.682. The molecule has 0 bridgehead atoms. The number of hydroxylamine groups is 2. The Hall–Kier alpha value is -2.56. The first-order valence-electron chi connectivity index (χ1n) is 9.26. The fourth-order valence-electron chi connectivity index (χ4n) is 3.66. The number of anilines is 1. The highest BCUT2D eigenvalue weighted by Crippen LogP contribution is 2.33. The third-order valence-corrected chi connectivity index (χ3v) is 5.61. The van der Waals surface area contributed by atoms with Gasteiger partial charge in [0.1, 0.15) is 23.7 Å². The van der Waals surface area contributed by atoms with Crippen molar-refractivity contribution < 1.29 is 28.3 Å². The zero-order chi connectivity index (χ0) is 21.4. The summed E-state index contributed by atoms with van der Waals surface area (Å²) in [7, 11) is 0. The second-order valence-corrected chi connectivity index (χ2v) is 7.90. The molecule has 2 amide bonds. The molecule has 2 saturated heterocycles. The fourth-order valence-corrected chi connectivity index (χ4v) is 4.07. The maximum Gasteiger partial charge on any atom is 0.267 e. The molecule has 7 nitrogen and oxygen atoms in total. The SMILES string of the molecule is O=C1CN(C(=O)c2c(F)cc(N3CCOCC3)cc2F)C(c2cccc(Br)c2)N1O. The number of carbonyl (C=O) groups excluding carboxylic acids is 2. The molecule has 1 unspecified atom stereocenters. The lowest BCUT2D eigenvalue weighted by Gasteiger charge is -2.30. The lowest BCUT2D eigenvalue weighted by molar-refractivity contribution is -0.168. The monoisotopic (exact) mass is 481 g/mol. The van der Waals surface area contributed by atoms with E-state index in [9.17, 15) is 23.6 Å². The lowest BCUT2D eigenvalue weighted by atomic mass is 10.1. The number of carbonyl (C=O) groups is 2. The standard InChI is InChI=1S/C20H18BrF2N3O4/c21-13-3-1-2-12(8-13)19-25(11-17(27)26(19)29)20(28)18-15(22)9-14(10-16(18)23)24-4-6-30-7-5-24/h1-3,8-10,19,29H,4-7,11H2. The van der Waals surface area contributed by atoms with Crippen molar-refractivity contribution in [2.24, 2.45) is 0 Å². The van der Waals surface area contributed by atoms with Gasteiger partial charge >= 0.3 is 0 Å². The highest BCUT2D eigenvalue weighted by molar-refractivity contribution is 9.10. The van der Waals surface area contributed by atoms with Crippen LogP contribution in [0, 0.1) is 11.6 Å². The molecule has 2 aliphatic rings. The van der Waals surface area contributed by atoms with Gasteiger partial charge < -0.3 is 14.5 Å². The average molecular weight is 482 g/mol. The van der Waals surface area contributed by atoms with Crippen LogP contribution in [0.4, 0.5) is 14.5 Å². The smallest absolute Gasteiger partial charge is 0.267 e. The molecule has 2 aliphatic heterocycles. The summed E-state index contributed by atoms with van der Waals surface area (Å²) in [6.07, 6.45) is -1.19. The Morgan fingerprint density at radius 2 is 1.80 bits per heavy atom. The normalized spacial score (nSPS) is 19.5. The second kappa shape index (κ2) is 8.29. The Morgan fingerprint density at radius 1 is 1.13 bits per heavy atom. The van der Waals surface area contributed by atoms with Gasteiger partial charge in [-0.25, -0.2) is 8.78 Å². The molecule has 30 heavy (non-hydrogen) atoms. The lowest BCUT2D eigenvalue weighted by Crippen LogP contribution is -2.37. The maximum absolute atomic E-state index is 14.8. The van der Waals surface area contributed by atoms with Crippen molar-refractivity contribution in [1.29, 1.82) is 0 Å². The number of halogens is 3. The minimum atomic E-state index is -1.19. The molecule has 2 aromatic rings. The van der Waals surface area contributed by atoms with E-state index in [0.717, 1.165) is 17.0 Å². The van der Waals surface area contributed by atoms with Gasteiger partial charge in [0.25, 0.3) is 11.8 Å². The van der Waals surface area contributed by atoms with Crippen molar-refractivity contribution in [3.05, 3.63) is 63.6 Å². The van der Waals surface area contributed by atoms with Crippen LogP contribution in [0.5, 0.6) is 0 Å². The number of hydrogen-bond acceptors (Lipinski definition) is 5. The Balaban J connectivity index is 1.68. The van der Waals surface area contributed by atoms with Gasteiger partial charge in [-0.3, -0.25) is 14.8 Å². The molecule has 10 heteroatoms. The van der Waals surface area contributed by atoms with Crippen LogP contribution in [0.1, 0.15) is 22.1 Å². The van der Waals surface area contributed by atoms with E-state index in [1.807, 2.05) is 0 Å². The minimum absolute atomic E-state index is 0.315. The van der Waals surface area contributed by atoms with E-state index < -0.39 is 41.7 Å². The van der Waals surface area contributed by atoms with E-state index in [4.69, 9.17) is 4.74 Å². The van der Waals surface area contributed by atoms with Crippen LogP contribution >= 0.6 is 15.9 Å². The summed E-state index contributed by atoms with van der Waals surface area (Å²) < 4.78 is 35.6. The Kier molecular flexibility index (Phi) is 5.72. The average Bonchev–Trinajstić information content (AvgIpc) is 3.02. The van der Waals surface area contributed by atoms with Gasteiger partial charge in [-0.15, -0.1) is 0 Å². The van der Waals surface area contributed by atoms with Crippen molar-refractivity contribution in [1.82, 2.24) is 9.96 Å². The van der Waals surface area contributed by atoms with Gasteiger partial charge in [0.15, 0.2) is 6.17 Å². The summed E-state index contributed by atoms with van der Waals surface area (Å²) in [6, 6.07) is 8.82. The van der Waals surface area contributed by atoms with E-state index in [1.165, 1.54) is 0 Å². The molecule has 0 aliphatic carbocycles. The van der Waals surface area contributed by atoms with Crippen LogP contribution in [-0.2, 0) is 9.53 Å². The first-order valence-corrected chi connectivity index (χ1v) is 10.0. The topological polar surface area (TPSA) is 73.3 Å². The number of morpholine rings is 1. The van der Waals surface area contributed by atoms with E-state index >= 15 is 0 Å². The summed E-state index contributed by atoms with van der Waals surface area (Å²) in [6.45, 7) is 1.35. The van der Waals surface area contributed by atoms with Crippen molar-refractivity contribution >= 4 is 33.4 Å². The molecule has 4 rings (SSSR count). The summed E-state index contributed by atoms with van der Waals surface area (Å²) in [5, 5.41) is 10.6. The van der Waals surface area contributed by atoms with Crippen molar-refractivity contribution in [2.75, 3.05) is 37.7 Å². The Morgan fingerprint density at radius 3 is 2.43 bits per heavy atom. The third-order valence-electron chi connectivity index (χ3n) is 5.11. The van der Waals surface area contributed by atoms with Crippen molar-refractivity contribution in [3.8, 4) is 0 Å². The van der Waals surface area contributed by atoms with Crippen LogP contribution in [0.15, 0.2) is 40.9 Å². The van der Waals surface area contributed by atoms with Gasteiger partial charge in [-0.1, -0.05) is 28.1 Å². The highest BCUT2D eigenvalue weighted by Gasteiger charge is 2.43. The predicted molar refractivity (Wildman–Crippen MR) is 106 cm³/mol. The fraction of sp³-hybridized carbons (Fsp3) is 0.300. The Bertz CT molecular complexity index is 977. The maximum atomic E-state index is 14.8. The number of amides is 2. The molecule has 0 saturated carbocycles. The molecule has 0 aromatic heterocycles. The summed E-state index contributed by atoms with van der Waals surface area (Å²) in [4.78, 5) is 27.8. The van der Waals surface area contributed by atoms with E-state index in [0.29, 0.717) is 47.1 Å². The first kappa shape index (κ1) is 20.7. The molecule has 0 radical (unpaired) electrons. The molecule has 158 valence electrons. The zero-order valence-electron chi connectivity index (χ0n) is 15.7.